The first kappa shape index (κ1) is 15.5. The number of hydrogen-bond acceptors (Lipinski definition) is 1. The van der Waals surface area contributed by atoms with E-state index in [0.29, 0.717) is 5.92 Å². The number of aryl methyl sites for hydroxylation is 1. The van der Waals surface area contributed by atoms with Crippen molar-refractivity contribution in [1.82, 2.24) is 5.32 Å². The van der Waals surface area contributed by atoms with Gasteiger partial charge in [-0.3, -0.25) is 4.79 Å². The molecule has 2 nitrogen and oxygen atoms in total. The van der Waals surface area contributed by atoms with E-state index in [1.54, 1.807) is 6.08 Å². The lowest BCUT2D eigenvalue weighted by Gasteiger charge is -2.04. The Morgan fingerprint density at radius 3 is 2.63 bits per heavy atom. The molecule has 0 spiro atoms. The van der Waals surface area contributed by atoms with Crippen LogP contribution in [0, 0.1) is 5.92 Å². The second kappa shape index (κ2) is 9.37. The van der Waals surface area contributed by atoms with Crippen molar-refractivity contribution in [3.63, 3.8) is 0 Å². The van der Waals surface area contributed by atoms with Crippen LogP contribution in [0.4, 0.5) is 0 Å². The summed E-state index contributed by atoms with van der Waals surface area (Å²) in [6.07, 6.45) is 8.02. The van der Waals surface area contributed by atoms with Crippen LogP contribution < -0.4 is 5.32 Å². The van der Waals surface area contributed by atoms with E-state index in [9.17, 15) is 4.79 Å². The van der Waals surface area contributed by atoms with Crippen LogP contribution in [-0.4, -0.2) is 12.5 Å². The fourth-order valence-electron chi connectivity index (χ4n) is 1.79. The maximum absolute atomic E-state index is 11.4. The predicted molar refractivity (Wildman–Crippen MR) is 81.0 cm³/mol. The summed E-state index contributed by atoms with van der Waals surface area (Å²) >= 11 is 0. The van der Waals surface area contributed by atoms with Gasteiger partial charge in [-0.15, -0.1) is 0 Å². The molecular weight excluding hydrogens is 234 g/mol. The molecule has 1 aromatic carbocycles. The lowest BCUT2D eigenvalue weighted by molar-refractivity contribution is -0.116. The van der Waals surface area contributed by atoms with Gasteiger partial charge >= 0.3 is 0 Å². The summed E-state index contributed by atoms with van der Waals surface area (Å²) in [6, 6.07) is 10.5. The average Bonchev–Trinajstić information content (AvgIpc) is 2.41. The molecular formula is C17H25NO. The third-order valence-corrected chi connectivity index (χ3v) is 2.88. The second-order valence-electron chi connectivity index (χ2n) is 5.27. The van der Waals surface area contributed by atoms with Crippen molar-refractivity contribution in [2.45, 2.75) is 39.5 Å². The number of hydrogen-bond donors (Lipinski definition) is 1. The Morgan fingerprint density at radius 2 is 1.95 bits per heavy atom. The summed E-state index contributed by atoms with van der Waals surface area (Å²) < 4.78 is 0. The predicted octanol–water partition coefficient (Wildman–Crippen LogP) is 3.73. The van der Waals surface area contributed by atoms with Crippen LogP contribution in [0.1, 0.15) is 38.7 Å². The molecule has 2 heteroatoms. The number of rotatable bonds is 8. The molecule has 0 aliphatic carbocycles. The average molecular weight is 259 g/mol. The number of carbonyl (C=O) groups excluding carboxylic acids is 1. The highest BCUT2D eigenvalue weighted by Crippen LogP contribution is 2.06. The van der Waals surface area contributed by atoms with Crippen LogP contribution in [0.3, 0.4) is 0 Å². The van der Waals surface area contributed by atoms with Crippen LogP contribution in [0.25, 0.3) is 0 Å². The smallest absolute Gasteiger partial charge is 0.243 e. The van der Waals surface area contributed by atoms with Gasteiger partial charge < -0.3 is 5.32 Å². The zero-order valence-electron chi connectivity index (χ0n) is 12.1. The molecule has 0 unspecified atom stereocenters. The Hall–Kier alpha value is -1.57. The van der Waals surface area contributed by atoms with Crippen LogP contribution in [0.2, 0.25) is 0 Å². The van der Waals surface area contributed by atoms with Crippen molar-refractivity contribution in [3.8, 4) is 0 Å². The summed E-state index contributed by atoms with van der Waals surface area (Å²) in [5.74, 6) is 0.528. The van der Waals surface area contributed by atoms with E-state index in [2.05, 4.69) is 43.4 Å². The number of allylic oxidation sites excluding steroid dienone is 1. The number of nitrogens with one attached hydrogen (secondary N) is 1. The van der Waals surface area contributed by atoms with Crippen LogP contribution >= 0.6 is 0 Å². The van der Waals surface area contributed by atoms with Gasteiger partial charge in [-0.05, 0) is 43.2 Å². The van der Waals surface area contributed by atoms with Crippen molar-refractivity contribution in [2.24, 2.45) is 5.92 Å². The lowest BCUT2D eigenvalue weighted by Crippen LogP contribution is -2.25. The van der Waals surface area contributed by atoms with E-state index in [4.69, 9.17) is 0 Å². The second-order valence-corrected chi connectivity index (χ2v) is 5.27. The summed E-state index contributed by atoms with van der Waals surface area (Å²) in [4.78, 5) is 11.4. The first-order valence-corrected chi connectivity index (χ1v) is 7.17. The Labute approximate surface area is 116 Å². The molecule has 0 saturated heterocycles. The largest absolute Gasteiger partial charge is 0.352 e. The molecule has 19 heavy (non-hydrogen) atoms. The van der Waals surface area contributed by atoms with E-state index in [0.717, 1.165) is 25.8 Å². The van der Waals surface area contributed by atoms with Gasteiger partial charge in [0.25, 0.3) is 0 Å². The third-order valence-electron chi connectivity index (χ3n) is 2.88. The molecule has 0 radical (unpaired) electrons. The topological polar surface area (TPSA) is 29.1 Å². The van der Waals surface area contributed by atoms with Crippen molar-refractivity contribution < 1.29 is 4.79 Å². The Kier molecular flexibility index (Phi) is 7.64. The van der Waals surface area contributed by atoms with E-state index in [1.165, 1.54) is 12.0 Å². The molecule has 0 heterocycles. The standard InChI is InChI=1S/C17H25NO/c1-15(2)14-18-17(19)13-9-4-3-6-10-16-11-7-5-8-12-16/h5,7-9,11-13,15H,3-4,6,10,14H2,1-2H3,(H,18,19)/b13-9+. The molecule has 0 aliphatic heterocycles. The third kappa shape index (κ3) is 8.20. The molecule has 1 rings (SSSR count). The van der Waals surface area contributed by atoms with Crippen molar-refractivity contribution in [1.29, 1.82) is 0 Å². The van der Waals surface area contributed by atoms with Crippen LogP contribution in [-0.2, 0) is 11.2 Å². The number of carbonyl (C=O) groups is 1. The lowest BCUT2D eigenvalue weighted by atomic mass is 10.1. The maximum atomic E-state index is 11.4. The van der Waals surface area contributed by atoms with Gasteiger partial charge in [0.1, 0.15) is 0 Å². The molecule has 0 atom stereocenters. The molecule has 1 amide bonds. The highest BCUT2D eigenvalue weighted by molar-refractivity contribution is 5.87. The summed E-state index contributed by atoms with van der Waals surface area (Å²) in [5, 5.41) is 2.87. The first-order valence-electron chi connectivity index (χ1n) is 7.17. The normalized spacial score (nSPS) is 11.1. The molecule has 1 N–H and O–H groups in total. The molecule has 0 aliphatic rings. The van der Waals surface area contributed by atoms with Crippen molar-refractivity contribution in [3.05, 3.63) is 48.0 Å². The number of unbranched alkanes of at least 4 members (excludes halogenated alkanes) is 2. The van der Waals surface area contributed by atoms with Gasteiger partial charge in [-0.25, -0.2) is 0 Å². The fraction of sp³-hybridized carbons (Fsp3) is 0.471. The van der Waals surface area contributed by atoms with Crippen LogP contribution in [0.5, 0.6) is 0 Å². The first-order chi connectivity index (χ1) is 9.18. The maximum Gasteiger partial charge on any atom is 0.243 e. The highest BCUT2D eigenvalue weighted by Gasteiger charge is 1.96. The zero-order valence-corrected chi connectivity index (χ0v) is 12.1. The van der Waals surface area contributed by atoms with E-state index < -0.39 is 0 Å². The highest BCUT2D eigenvalue weighted by atomic mass is 16.1. The fourth-order valence-corrected chi connectivity index (χ4v) is 1.79. The monoisotopic (exact) mass is 259 g/mol. The van der Waals surface area contributed by atoms with Gasteiger partial charge in [0, 0.05) is 6.54 Å². The molecule has 0 aromatic heterocycles. The molecule has 0 saturated carbocycles. The zero-order chi connectivity index (χ0) is 13.9. The molecule has 1 aromatic rings. The van der Waals surface area contributed by atoms with Gasteiger partial charge in [0.15, 0.2) is 0 Å². The summed E-state index contributed by atoms with van der Waals surface area (Å²) in [5.41, 5.74) is 1.39. The Balaban J connectivity index is 2.05. The molecule has 0 fully saturated rings. The summed E-state index contributed by atoms with van der Waals surface area (Å²) in [7, 11) is 0. The minimum absolute atomic E-state index is 0.0248. The van der Waals surface area contributed by atoms with Gasteiger partial charge in [-0.1, -0.05) is 50.3 Å². The van der Waals surface area contributed by atoms with Crippen molar-refractivity contribution >= 4 is 5.91 Å². The van der Waals surface area contributed by atoms with Crippen molar-refractivity contribution in [2.75, 3.05) is 6.54 Å². The van der Waals surface area contributed by atoms with E-state index >= 15 is 0 Å². The van der Waals surface area contributed by atoms with E-state index in [-0.39, 0.29) is 5.91 Å². The van der Waals surface area contributed by atoms with Gasteiger partial charge in [-0.2, -0.15) is 0 Å². The van der Waals surface area contributed by atoms with Crippen LogP contribution in [0.15, 0.2) is 42.5 Å². The minimum Gasteiger partial charge on any atom is -0.352 e. The van der Waals surface area contributed by atoms with Gasteiger partial charge in [0.2, 0.25) is 5.91 Å². The number of benzene rings is 1. The Morgan fingerprint density at radius 1 is 1.21 bits per heavy atom. The van der Waals surface area contributed by atoms with Gasteiger partial charge in [0.05, 0.1) is 0 Å². The molecule has 104 valence electrons. The minimum atomic E-state index is 0.0248. The summed E-state index contributed by atoms with van der Waals surface area (Å²) in [6.45, 7) is 4.93. The number of amides is 1. The Bertz CT molecular complexity index is 382. The SMILES string of the molecule is CC(C)CNC(=O)/C=C/CCCCc1ccccc1. The quantitative estimate of drug-likeness (QED) is 0.559. The molecule has 0 bridgehead atoms. The van der Waals surface area contributed by atoms with E-state index in [1.807, 2.05) is 12.1 Å².